The smallest absolute Gasteiger partial charge is 0.223 e. The van der Waals surface area contributed by atoms with E-state index in [4.69, 9.17) is 16.6 Å². The van der Waals surface area contributed by atoms with Crippen LogP contribution in [-0.4, -0.2) is 29.6 Å². The Morgan fingerprint density at radius 2 is 1.83 bits per heavy atom. The molecule has 2 aromatic carbocycles. The molecule has 1 aliphatic heterocycles. The van der Waals surface area contributed by atoms with Crippen LogP contribution in [-0.2, 0) is 18.3 Å². The molecule has 1 saturated heterocycles. The van der Waals surface area contributed by atoms with Crippen molar-refractivity contribution in [2.24, 2.45) is 0 Å². The number of halogens is 1. The van der Waals surface area contributed by atoms with Gasteiger partial charge in [-0.2, -0.15) is 0 Å². The first kappa shape index (κ1) is 18.6. The Bertz CT molecular complexity index is 1030. The van der Waals surface area contributed by atoms with E-state index in [-0.39, 0.29) is 5.41 Å². The first-order chi connectivity index (χ1) is 14.3. The number of hydrogen-bond acceptors (Lipinski definition) is 4. The lowest BCUT2D eigenvalue weighted by Gasteiger charge is -2.42. The molecule has 148 valence electrons. The number of piperidine rings is 1. The van der Waals surface area contributed by atoms with Gasteiger partial charge in [0.25, 0.3) is 0 Å². The molecule has 2 heterocycles. The number of aromatic nitrogens is 2. The van der Waals surface area contributed by atoms with Crippen molar-refractivity contribution >= 4 is 17.5 Å². The molecule has 0 bridgehead atoms. The van der Waals surface area contributed by atoms with Crippen LogP contribution in [0, 0.1) is 0 Å². The Hall–Kier alpha value is -2.43. The number of nitrogens with zero attached hydrogens (tertiary/aromatic N) is 2. The van der Waals surface area contributed by atoms with Crippen molar-refractivity contribution in [3.8, 4) is 11.3 Å². The Labute approximate surface area is 176 Å². The maximum absolute atomic E-state index is 6.26. The summed E-state index contributed by atoms with van der Waals surface area (Å²) in [6, 6.07) is 16.8. The average Bonchev–Trinajstić information content (AvgIpc) is 2.76. The summed E-state index contributed by atoms with van der Waals surface area (Å²) in [5, 5.41) is 7.70. The molecule has 0 amide bonds. The van der Waals surface area contributed by atoms with Gasteiger partial charge in [-0.1, -0.05) is 54.1 Å². The van der Waals surface area contributed by atoms with Crippen LogP contribution < -0.4 is 10.6 Å². The van der Waals surface area contributed by atoms with Gasteiger partial charge in [-0.3, -0.25) is 0 Å². The molecule has 1 aromatic heterocycles. The van der Waals surface area contributed by atoms with Gasteiger partial charge in [0.05, 0.1) is 5.69 Å². The minimum atomic E-state index is 0.219. The molecule has 5 rings (SSSR count). The molecule has 1 fully saturated rings. The van der Waals surface area contributed by atoms with Gasteiger partial charge in [0.15, 0.2) is 0 Å². The molecule has 3 aromatic rings. The second kappa shape index (κ2) is 7.77. The maximum Gasteiger partial charge on any atom is 0.223 e. The predicted octanol–water partition coefficient (Wildman–Crippen LogP) is 4.63. The van der Waals surface area contributed by atoms with Crippen LogP contribution in [0.5, 0.6) is 0 Å². The summed E-state index contributed by atoms with van der Waals surface area (Å²) < 4.78 is 0. The number of fused-ring (bicyclic) bond motifs is 4. The normalized spacial score (nSPS) is 16.9. The highest BCUT2D eigenvalue weighted by molar-refractivity contribution is 6.31. The fraction of sp³-hybridized carbons (Fsp3) is 0.333. The van der Waals surface area contributed by atoms with Crippen LogP contribution in [0.15, 0.2) is 54.7 Å². The van der Waals surface area contributed by atoms with Crippen LogP contribution in [0.25, 0.3) is 11.3 Å². The van der Waals surface area contributed by atoms with Crippen molar-refractivity contribution in [1.29, 1.82) is 0 Å². The molecule has 5 heteroatoms. The van der Waals surface area contributed by atoms with Gasteiger partial charge >= 0.3 is 0 Å². The molecular weight excluding hydrogens is 380 g/mol. The highest BCUT2D eigenvalue weighted by Gasteiger charge is 2.40. The zero-order chi connectivity index (χ0) is 19.7. The van der Waals surface area contributed by atoms with Gasteiger partial charge in [0, 0.05) is 28.7 Å². The molecule has 0 unspecified atom stereocenters. The number of benzene rings is 2. The monoisotopic (exact) mass is 404 g/mol. The lowest BCUT2D eigenvalue weighted by molar-refractivity contribution is 0.302. The van der Waals surface area contributed by atoms with Gasteiger partial charge in [0.2, 0.25) is 5.95 Å². The SMILES string of the molecule is Clc1ccccc1CCNc1ncc2c(n1)-c1ccccc1C1(CCNCC1)C2. The van der Waals surface area contributed by atoms with E-state index in [0.717, 1.165) is 48.8 Å². The Balaban J connectivity index is 1.40. The predicted molar refractivity (Wildman–Crippen MR) is 119 cm³/mol. The minimum absolute atomic E-state index is 0.219. The summed E-state index contributed by atoms with van der Waals surface area (Å²) in [5.74, 6) is 0.687. The second-order valence-electron chi connectivity index (χ2n) is 8.09. The van der Waals surface area contributed by atoms with Crippen molar-refractivity contribution in [1.82, 2.24) is 15.3 Å². The van der Waals surface area contributed by atoms with E-state index in [2.05, 4.69) is 45.9 Å². The highest BCUT2D eigenvalue weighted by atomic mass is 35.5. The van der Waals surface area contributed by atoms with Crippen LogP contribution in [0.2, 0.25) is 5.02 Å². The Kier molecular flexibility index (Phi) is 4.98. The van der Waals surface area contributed by atoms with Gasteiger partial charge in [-0.25, -0.2) is 9.97 Å². The molecule has 0 atom stereocenters. The van der Waals surface area contributed by atoms with Crippen molar-refractivity contribution < 1.29 is 0 Å². The lowest BCUT2D eigenvalue weighted by atomic mass is 9.64. The third-order valence-electron chi connectivity index (χ3n) is 6.34. The van der Waals surface area contributed by atoms with Gasteiger partial charge in [-0.15, -0.1) is 0 Å². The van der Waals surface area contributed by atoms with E-state index in [1.165, 1.54) is 29.5 Å². The van der Waals surface area contributed by atoms with E-state index in [1.54, 1.807) is 0 Å². The van der Waals surface area contributed by atoms with E-state index >= 15 is 0 Å². The fourth-order valence-electron chi connectivity index (χ4n) is 4.83. The molecular formula is C24H25ClN4. The van der Waals surface area contributed by atoms with Crippen LogP contribution >= 0.6 is 11.6 Å². The molecule has 1 spiro atoms. The third kappa shape index (κ3) is 3.52. The van der Waals surface area contributed by atoms with Crippen LogP contribution in [0.3, 0.4) is 0 Å². The van der Waals surface area contributed by atoms with Crippen molar-refractivity contribution in [2.75, 3.05) is 25.0 Å². The summed E-state index contributed by atoms with van der Waals surface area (Å²) in [4.78, 5) is 9.54. The summed E-state index contributed by atoms with van der Waals surface area (Å²) in [6.07, 6.45) is 6.23. The molecule has 1 aliphatic carbocycles. The minimum Gasteiger partial charge on any atom is -0.354 e. The molecule has 0 radical (unpaired) electrons. The Morgan fingerprint density at radius 3 is 2.69 bits per heavy atom. The molecule has 0 saturated carbocycles. The number of hydrogen-bond donors (Lipinski definition) is 2. The van der Waals surface area contributed by atoms with Crippen LogP contribution in [0.1, 0.15) is 29.5 Å². The highest BCUT2D eigenvalue weighted by Crippen LogP contribution is 2.46. The van der Waals surface area contributed by atoms with E-state index in [1.807, 2.05) is 24.4 Å². The van der Waals surface area contributed by atoms with Crippen molar-refractivity contribution in [2.45, 2.75) is 31.1 Å². The number of rotatable bonds is 4. The van der Waals surface area contributed by atoms with Gasteiger partial charge in [-0.05, 0) is 61.5 Å². The van der Waals surface area contributed by atoms with Crippen molar-refractivity contribution in [3.63, 3.8) is 0 Å². The summed E-state index contributed by atoms with van der Waals surface area (Å²) in [6.45, 7) is 2.90. The standard InChI is InChI=1S/C24H25ClN4/c25-21-8-4-1-5-17(21)9-12-27-23-28-16-18-15-24(10-13-26-14-11-24)20-7-3-2-6-19(20)22(18)29-23/h1-8,16,26H,9-15H2,(H,27,28,29). The van der Waals surface area contributed by atoms with Gasteiger partial charge in [0.1, 0.15) is 0 Å². The molecule has 4 nitrogen and oxygen atoms in total. The first-order valence-corrected chi connectivity index (χ1v) is 10.8. The average molecular weight is 405 g/mol. The zero-order valence-electron chi connectivity index (χ0n) is 16.4. The van der Waals surface area contributed by atoms with E-state index in [0.29, 0.717) is 5.95 Å². The quantitative estimate of drug-likeness (QED) is 0.665. The van der Waals surface area contributed by atoms with Crippen LogP contribution in [0.4, 0.5) is 5.95 Å². The fourth-order valence-corrected chi connectivity index (χ4v) is 5.06. The molecule has 2 aliphatic rings. The summed E-state index contributed by atoms with van der Waals surface area (Å²) >= 11 is 6.26. The first-order valence-electron chi connectivity index (χ1n) is 10.4. The van der Waals surface area contributed by atoms with E-state index < -0.39 is 0 Å². The second-order valence-corrected chi connectivity index (χ2v) is 8.50. The molecule has 29 heavy (non-hydrogen) atoms. The zero-order valence-corrected chi connectivity index (χ0v) is 17.2. The summed E-state index contributed by atoms with van der Waals surface area (Å²) in [5.41, 5.74) is 6.43. The summed E-state index contributed by atoms with van der Waals surface area (Å²) in [7, 11) is 0. The van der Waals surface area contributed by atoms with Crippen molar-refractivity contribution in [3.05, 3.63) is 76.4 Å². The number of anilines is 1. The number of nitrogens with one attached hydrogen (secondary N) is 2. The lowest BCUT2D eigenvalue weighted by Crippen LogP contribution is -2.43. The van der Waals surface area contributed by atoms with E-state index in [9.17, 15) is 0 Å². The third-order valence-corrected chi connectivity index (χ3v) is 6.71. The Morgan fingerprint density at radius 1 is 1.03 bits per heavy atom. The topological polar surface area (TPSA) is 49.8 Å². The molecule has 2 N–H and O–H groups in total. The van der Waals surface area contributed by atoms with Gasteiger partial charge < -0.3 is 10.6 Å². The maximum atomic E-state index is 6.26. The largest absolute Gasteiger partial charge is 0.354 e.